The van der Waals surface area contributed by atoms with Gasteiger partial charge in [0.2, 0.25) is 0 Å². The van der Waals surface area contributed by atoms with Gasteiger partial charge in [-0.2, -0.15) is 0 Å². The highest BCUT2D eigenvalue weighted by atomic mass is 35.5. The molecule has 208 valence electrons. The lowest BCUT2D eigenvalue weighted by Crippen LogP contribution is -2.46. The summed E-state index contributed by atoms with van der Waals surface area (Å²) in [6.45, 7) is 6.04. The van der Waals surface area contributed by atoms with Gasteiger partial charge in [0.1, 0.15) is 10.5 Å². The Morgan fingerprint density at radius 1 is 1.00 bits per heavy atom. The molecule has 1 aliphatic rings. The molecule has 1 saturated carbocycles. The average molecular weight is 576 g/mol. The number of carbonyl (C=O) groups excluding carboxylic acids is 2. The van der Waals surface area contributed by atoms with Crippen molar-refractivity contribution in [2.24, 2.45) is 0 Å². The van der Waals surface area contributed by atoms with Crippen molar-refractivity contribution < 1.29 is 14.3 Å². The first kappa shape index (κ1) is 28.1. The third-order valence-corrected chi connectivity index (χ3v) is 8.81. The summed E-state index contributed by atoms with van der Waals surface area (Å²) in [4.78, 5) is 33.2. The fourth-order valence-corrected chi connectivity index (χ4v) is 6.71. The highest BCUT2D eigenvalue weighted by Gasteiger charge is 2.33. The molecule has 4 aromatic rings. The van der Waals surface area contributed by atoms with E-state index in [9.17, 15) is 9.59 Å². The summed E-state index contributed by atoms with van der Waals surface area (Å²) in [7, 11) is 0. The SMILES string of the molecule is CC(C)(C)OC(=O)N[C@H]1CC[C@H](N(Cc2cccc(-c3ccncc3)c2)C(=O)c2sc3ccccc3c2Cl)CC1. The number of benzene rings is 2. The largest absolute Gasteiger partial charge is 0.444 e. The fraction of sp³-hybridized carbons (Fsp3) is 0.344. The summed E-state index contributed by atoms with van der Waals surface area (Å²) in [6, 6.07) is 20.2. The van der Waals surface area contributed by atoms with E-state index in [0.29, 0.717) is 16.4 Å². The maximum atomic E-state index is 14.2. The molecule has 0 atom stereocenters. The van der Waals surface area contributed by atoms with Crippen molar-refractivity contribution in [3.8, 4) is 11.1 Å². The number of hydrogen-bond acceptors (Lipinski definition) is 5. The Morgan fingerprint density at radius 2 is 1.73 bits per heavy atom. The predicted octanol–water partition coefficient (Wildman–Crippen LogP) is 8.10. The van der Waals surface area contributed by atoms with E-state index in [2.05, 4.69) is 28.5 Å². The van der Waals surface area contributed by atoms with Crippen LogP contribution in [0.4, 0.5) is 4.79 Å². The lowest BCUT2D eigenvalue weighted by molar-refractivity contribution is 0.0454. The van der Waals surface area contributed by atoms with Crippen LogP contribution in [0.25, 0.3) is 21.2 Å². The van der Waals surface area contributed by atoms with Crippen LogP contribution in [0.15, 0.2) is 73.1 Å². The second-order valence-corrected chi connectivity index (χ2v) is 12.7. The van der Waals surface area contributed by atoms with E-state index in [1.54, 1.807) is 12.4 Å². The molecule has 1 N–H and O–H groups in total. The minimum atomic E-state index is -0.543. The molecule has 6 nitrogen and oxygen atoms in total. The maximum absolute atomic E-state index is 14.2. The quantitative estimate of drug-likeness (QED) is 0.252. The van der Waals surface area contributed by atoms with Crippen molar-refractivity contribution in [1.82, 2.24) is 15.2 Å². The minimum Gasteiger partial charge on any atom is -0.444 e. The summed E-state index contributed by atoms with van der Waals surface area (Å²) in [5.41, 5.74) is 2.67. The second kappa shape index (κ2) is 12.0. The molecule has 5 rings (SSSR count). The van der Waals surface area contributed by atoms with E-state index >= 15 is 0 Å². The Morgan fingerprint density at radius 3 is 2.42 bits per heavy atom. The van der Waals surface area contributed by atoms with E-state index in [0.717, 1.165) is 52.5 Å². The molecule has 0 radical (unpaired) electrons. The van der Waals surface area contributed by atoms with E-state index in [1.807, 2.05) is 68.1 Å². The Balaban J connectivity index is 1.38. The minimum absolute atomic E-state index is 0.0194. The third kappa shape index (κ3) is 6.65. The summed E-state index contributed by atoms with van der Waals surface area (Å²) in [6.07, 6.45) is 6.26. The van der Waals surface area contributed by atoms with E-state index in [1.165, 1.54) is 11.3 Å². The molecule has 8 heteroatoms. The first-order chi connectivity index (χ1) is 19.2. The molecule has 2 aromatic heterocycles. The number of fused-ring (bicyclic) bond motifs is 1. The van der Waals surface area contributed by atoms with Crippen LogP contribution >= 0.6 is 22.9 Å². The normalized spacial score (nSPS) is 17.4. The number of rotatable bonds is 6. The zero-order valence-electron chi connectivity index (χ0n) is 23.0. The highest BCUT2D eigenvalue weighted by Crippen LogP contribution is 2.37. The lowest BCUT2D eigenvalue weighted by atomic mass is 9.89. The van der Waals surface area contributed by atoms with Crippen molar-refractivity contribution in [2.45, 2.75) is 70.7 Å². The number of aromatic nitrogens is 1. The molecule has 0 unspecified atom stereocenters. The van der Waals surface area contributed by atoms with Gasteiger partial charge in [0.15, 0.2) is 0 Å². The lowest BCUT2D eigenvalue weighted by Gasteiger charge is -2.37. The Bertz CT molecular complexity index is 1490. The summed E-state index contributed by atoms with van der Waals surface area (Å²) < 4.78 is 6.45. The number of ether oxygens (including phenoxy) is 1. The van der Waals surface area contributed by atoms with Gasteiger partial charge >= 0.3 is 6.09 Å². The molecule has 0 bridgehead atoms. The molecule has 2 heterocycles. The maximum Gasteiger partial charge on any atom is 0.407 e. The number of carbonyl (C=O) groups is 2. The van der Waals surface area contributed by atoms with Crippen molar-refractivity contribution in [1.29, 1.82) is 0 Å². The van der Waals surface area contributed by atoms with Gasteiger partial charge in [0.05, 0.1) is 5.02 Å². The molecule has 1 aliphatic carbocycles. The number of alkyl carbamates (subject to hydrolysis) is 1. The van der Waals surface area contributed by atoms with Gasteiger partial charge in [-0.3, -0.25) is 9.78 Å². The van der Waals surface area contributed by atoms with Crippen molar-refractivity contribution in [3.05, 3.63) is 88.5 Å². The first-order valence-electron chi connectivity index (χ1n) is 13.6. The standard InChI is InChI=1S/C32H34ClN3O3S/c1-32(2,3)39-31(38)35-24-11-13-25(14-12-24)36(30(37)29-28(33)26-9-4-5-10-27(26)40-29)20-21-7-6-8-23(19-21)22-15-17-34-18-16-22/h4-10,15-19,24-25H,11-14,20H2,1-3H3,(H,35,38)/t24-,25-. The number of nitrogens with zero attached hydrogens (tertiary/aromatic N) is 2. The van der Waals surface area contributed by atoms with Crippen LogP contribution in [0.2, 0.25) is 5.02 Å². The zero-order valence-corrected chi connectivity index (χ0v) is 24.6. The van der Waals surface area contributed by atoms with Gasteiger partial charge in [-0.05, 0) is 87.4 Å². The van der Waals surface area contributed by atoms with Crippen LogP contribution in [0.3, 0.4) is 0 Å². The topological polar surface area (TPSA) is 71.5 Å². The second-order valence-electron chi connectivity index (χ2n) is 11.3. The molecule has 2 amide bonds. The fourth-order valence-electron chi connectivity index (χ4n) is 5.25. The van der Waals surface area contributed by atoms with Gasteiger partial charge in [-0.25, -0.2) is 4.79 Å². The Hall–Kier alpha value is -3.42. The predicted molar refractivity (Wildman–Crippen MR) is 162 cm³/mol. The Kier molecular flexibility index (Phi) is 8.43. The van der Waals surface area contributed by atoms with E-state index in [-0.39, 0.29) is 18.0 Å². The van der Waals surface area contributed by atoms with Gasteiger partial charge < -0.3 is 15.0 Å². The smallest absolute Gasteiger partial charge is 0.407 e. The van der Waals surface area contributed by atoms with Crippen LogP contribution < -0.4 is 5.32 Å². The van der Waals surface area contributed by atoms with Crippen LogP contribution in [0.1, 0.15) is 61.7 Å². The third-order valence-electron chi connectivity index (χ3n) is 7.14. The molecule has 2 aromatic carbocycles. The molecule has 0 saturated heterocycles. The Labute approximate surface area is 244 Å². The van der Waals surface area contributed by atoms with Crippen LogP contribution in [-0.2, 0) is 11.3 Å². The molecular formula is C32H34ClN3O3S. The first-order valence-corrected chi connectivity index (χ1v) is 14.8. The van der Waals surface area contributed by atoms with Crippen LogP contribution in [0.5, 0.6) is 0 Å². The van der Waals surface area contributed by atoms with Crippen molar-refractivity contribution in [2.75, 3.05) is 0 Å². The van der Waals surface area contributed by atoms with Gasteiger partial charge in [-0.1, -0.05) is 48.0 Å². The van der Waals surface area contributed by atoms with Crippen molar-refractivity contribution in [3.63, 3.8) is 0 Å². The number of thiophene rings is 1. The van der Waals surface area contributed by atoms with Gasteiger partial charge in [-0.15, -0.1) is 11.3 Å². The number of halogens is 1. The average Bonchev–Trinajstić information content (AvgIpc) is 3.28. The van der Waals surface area contributed by atoms with Crippen LogP contribution in [0, 0.1) is 0 Å². The van der Waals surface area contributed by atoms with Crippen LogP contribution in [-0.4, -0.2) is 39.6 Å². The monoisotopic (exact) mass is 575 g/mol. The van der Waals surface area contributed by atoms with Gasteiger partial charge in [0.25, 0.3) is 5.91 Å². The summed E-state index contributed by atoms with van der Waals surface area (Å²) >= 11 is 8.22. The molecule has 0 aliphatic heterocycles. The molecule has 1 fully saturated rings. The summed E-state index contributed by atoms with van der Waals surface area (Å²) in [5.74, 6) is -0.0518. The van der Waals surface area contributed by atoms with E-state index < -0.39 is 11.7 Å². The highest BCUT2D eigenvalue weighted by molar-refractivity contribution is 7.21. The molecule has 0 spiro atoms. The van der Waals surface area contributed by atoms with E-state index in [4.69, 9.17) is 16.3 Å². The number of hydrogen-bond donors (Lipinski definition) is 1. The molecule has 40 heavy (non-hydrogen) atoms. The number of nitrogens with one attached hydrogen (secondary N) is 1. The molecular weight excluding hydrogens is 542 g/mol. The summed E-state index contributed by atoms with van der Waals surface area (Å²) in [5, 5.41) is 4.43. The van der Waals surface area contributed by atoms with Crippen molar-refractivity contribution >= 4 is 45.0 Å². The van der Waals surface area contributed by atoms with Gasteiger partial charge in [0, 0.05) is 41.1 Å². The zero-order chi connectivity index (χ0) is 28.3. The number of pyridine rings is 1. The number of amides is 2.